The topological polar surface area (TPSA) is 26.3 Å². The van der Waals surface area contributed by atoms with Crippen LogP contribution < -0.4 is 0 Å². The van der Waals surface area contributed by atoms with Crippen LogP contribution in [0, 0.1) is 46.8 Å². The second kappa shape index (κ2) is 8.99. The lowest BCUT2D eigenvalue weighted by atomic mass is 9.51. The number of hydrogen-bond acceptors (Lipinski definition) is 2. The van der Waals surface area contributed by atoms with Gasteiger partial charge < -0.3 is 4.74 Å². The van der Waals surface area contributed by atoms with Crippen molar-refractivity contribution in [2.75, 3.05) is 0 Å². The van der Waals surface area contributed by atoms with Crippen LogP contribution in [0.4, 0.5) is 0 Å². The first-order valence-corrected chi connectivity index (χ1v) is 13.2. The Morgan fingerprint density at radius 1 is 1.10 bits per heavy atom. The standard InChI is InChI=1S/C28H46O2/c1-18(2)7-6-8-19(3)26-13-14-27-25-11-9-21-17-22(30-20(4)29)10-12-23(21)24(25)15-16-28(26,27)5/h9,18-19,22-27H,6-8,10-17H2,1-5H3/t19-,22+,23?,24?,25?,26-,27?,28-/m1/s1. The van der Waals surface area contributed by atoms with Crippen LogP contribution >= 0.6 is 0 Å². The summed E-state index contributed by atoms with van der Waals surface area (Å²) in [6.45, 7) is 11.5. The summed E-state index contributed by atoms with van der Waals surface area (Å²) in [5.74, 6) is 6.11. The molecule has 0 radical (unpaired) electrons. The van der Waals surface area contributed by atoms with Gasteiger partial charge in [0.2, 0.25) is 0 Å². The lowest BCUT2D eigenvalue weighted by Crippen LogP contribution is -2.47. The first-order chi connectivity index (χ1) is 14.3. The summed E-state index contributed by atoms with van der Waals surface area (Å²) in [6, 6.07) is 0. The van der Waals surface area contributed by atoms with Gasteiger partial charge in [-0.3, -0.25) is 4.79 Å². The molecule has 4 aliphatic rings. The minimum atomic E-state index is -0.110. The van der Waals surface area contributed by atoms with E-state index in [0.29, 0.717) is 5.41 Å². The van der Waals surface area contributed by atoms with Crippen LogP contribution in [0.5, 0.6) is 0 Å². The van der Waals surface area contributed by atoms with Crippen molar-refractivity contribution in [1.82, 2.24) is 0 Å². The summed E-state index contributed by atoms with van der Waals surface area (Å²) >= 11 is 0. The summed E-state index contributed by atoms with van der Waals surface area (Å²) < 4.78 is 5.57. The molecule has 2 heteroatoms. The van der Waals surface area contributed by atoms with Gasteiger partial charge in [0.05, 0.1) is 0 Å². The lowest BCUT2D eigenvalue weighted by molar-refractivity contribution is -0.147. The van der Waals surface area contributed by atoms with Crippen molar-refractivity contribution in [3.63, 3.8) is 0 Å². The average molecular weight is 415 g/mol. The first-order valence-electron chi connectivity index (χ1n) is 13.2. The van der Waals surface area contributed by atoms with Crippen molar-refractivity contribution in [1.29, 1.82) is 0 Å². The number of hydrogen-bond donors (Lipinski definition) is 0. The molecule has 4 aliphatic carbocycles. The molecule has 0 spiro atoms. The number of ether oxygens (including phenoxy) is 1. The molecule has 0 amide bonds. The molecule has 0 saturated heterocycles. The fraction of sp³-hybridized carbons (Fsp3) is 0.893. The van der Waals surface area contributed by atoms with E-state index in [0.717, 1.165) is 54.3 Å². The van der Waals surface area contributed by atoms with Gasteiger partial charge in [0.1, 0.15) is 6.10 Å². The molecule has 0 bridgehead atoms. The van der Waals surface area contributed by atoms with Crippen LogP contribution in [0.1, 0.15) is 105 Å². The first kappa shape index (κ1) is 22.4. The van der Waals surface area contributed by atoms with Gasteiger partial charge in [-0.05, 0) is 91.8 Å². The molecule has 2 nitrogen and oxygen atoms in total. The van der Waals surface area contributed by atoms with Crippen LogP contribution in [0.2, 0.25) is 0 Å². The number of esters is 1. The highest BCUT2D eigenvalue weighted by molar-refractivity contribution is 5.66. The molecule has 4 unspecified atom stereocenters. The molecule has 0 aromatic heterocycles. The SMILES string of the molecule is CC(=O)O[C@H]1CCC2C(=CCC3C2CC[C@@]2(C)C3CC[C@@H]2[C@H](C)CCCC(C)C)C1. The second-order valence-corrected chi connectivity index (χ2v) is 12.1. The fourth-order valence-corrected chi connectivity index (χ4v) is 8.59. The Labute approximate surface area is 185 Å². The summed E-state index contributed by atoms with van der Waals surface area (Å²) in [7, 11) is 0. The van der Waals surface area contributed by atoms with Crippen molar-refractivity contribution in [3.05, 3.63) is 11.6 Å². The number of carbonyl (C=O) groups is 1. The highest BCUT2D eigenvalue weighted by atomic mass is 16.5. The van der Waals surface area contributed by atoms with Crippen LogP contribution in [-0.4, -0.2) is 12.1 Å². The Hall–Kier alpha value is -0.790. The molecule has 0 N–H and O–H groups in total. The van der Waals surface area contributed by atoms with Crippen molar-refractivity contribution in [3.8, 4) is 0 Å². The van der Waals surface area contributed by atoms with E-state index in [-0.39, 0.29) is 12.1 Å². The number of allylic oxidation sites excluding steroid dienone is 1. The summed E-state index contributed by atoms with van der Waals surface area (Å²) in [6.07, 6.45) is 17.4. The van der Waals surface area contributed by atoms with E-state index in [1.165, 1.54) is 57.8 Å². The van der Waals surface area contributed by atoms with E-state index >= 15 is 0 Å². The predicted octanol–water partition coefficient (Wildman–Crippen LogP) is 7.57. The minimum Gasteiger partial charge on any atom is -0.462 e. The van der Waals surface area contributed by atoms with E-state index in [1.54, 1.807) is 12.5 Å². The summed E-state index contributed by atoms with van der Waals surface area (Å²) in [5.41, 5.74) is 2.22. The molecule has 3 saturated carbocycles. The monoisotopic (exact) mass is 414 g/mol. The minimum absolute atomic E-state index is 0.110. The second-order valence-electron chi connectivity index (χ2n) is 12.1. The molecule has 8 atom stereocenters. The summed E-state index contributed by atoms with van der Waals surface area (Å²) in [4.78, 5) is 11.4. The molecular weight excluding hydrogens is 368 g/mol. The highest BCUT2D eigenvalue weighted by Gasteiger charge is 2.56. The quantitative estimate of drug-likeness (QED) is 0.331. The Bertz CT molecular complexity index is 649. The maximum absolute atomic E-state index is 11.4. The maximum Gasteiger partial charge on any atom is 0.302 e. The van der Waals surface area contributed by atoms with E-state index in [1.807, 2.05) is 0 Å². The van der Waals surface area contributed by atoms with Crippen LogP contribution in [-0.2, 0) is 9.53 Å². The summed E-state index contributed by atoms with van der Waals surface area (Å²) in [5, 5.41) is 0. The Balaban J connectivity index is 1.42. The molecule has 0 aliphatic heterocycles. The van der Waals surface area contributed by atoms with Gasteiger partial charge in [-0.1, -0.05) is 58.6 Å². The molecule has 4 rings (SSSR count). The zero-order valence-corrected chi connectivity index (χ0v) is 20.3. The molecule has 0 aromatic carbocycles. The smallest absolute Gasteiger partial charge is 0.302 e. The molecule has 170 valence electrons. The van der Waals surface area contributed by atoms with E-state index in [4.69, 9.17) is 4.74 Å². The number of carbonyl (C=O) groups excluding carboxylic acids is 1. The Morgan fingerprint density at radius 3 is 2.63 bits per heavy atom. The van der Waals surface area contributed by atoms with E-state index in [2.05, 4.69) is 33.8 Å². The Morgan fingerprint density at radius 2 is 1.90 bits per heavy atom. The largest absolute Gasteiger partial charge is 0.462 e. The van der Waals surface area contributed by atoms with E-state index in [9.17, 15) is 4.79 Å². The number of fused-ring (bicyclic) bond motifs is 5. The van der Waals surface area contributed by atoms with Crippen molar-refractivity contribution < 1.29 is 9.53 Å². The van der Waals surface area contributed by atoms with Crippen LogP contribution in [0.25, 0.3) is 0 Å². The molecular formula is C28H46O2. The van der Waals surface area contributed by atoms with Crippen molar-refractivity contribution in [2.45, 2.75) is 111 Å². The van der Waals surface area contributed by atoms with Gasteiger partial charge in [0, 0.05) is 13.3 Å². The molecule has 0 aromatic rings. The van der Waals surface area contributed by atoms with Gasteiger partial charge >= 0.3 is 5.97 Å². The van der Waals surface area contributed by atoms with Gasteiger partial charge in [0.15, 0.2) is 0 Å². The highest BCUT2D eigenvalue weighted by Crippen LogP contribution is 2.64. The zero-order valence-electron chi connectivity index (χ0n) is 20.3. The van der Waals surface area contributed by atoms with Crippen LogP contribution in [0.15, 0.2) is 11.6 Å². The molecule has 3 fully saturated rings. The van der Waals surface area contributed by atoms with Gasteiger partial charge in [0.25, 0.3) is 0 Å². The average Bonchev–Trinajstić information content (AvgIpc) is 3.04. The lowest BCUT2D eigenvalue weighted by Gasteiger charge is -2.54. The third-order valence-electron chi connectivity index (χ3n) is 9.93. The third-order valence-corrected chi connectivity index (χ3v) is 9.93. The Kier molecular flexibility index (Phi) is 6.71. The van der Waals surface area contributed by atoms with Gasteiger partial charge in [-0.25, -0.2) is 0 Å². The normalized spacial score (nSPS) is 41.5. The maximum atomic E-state index is 11.4. The molecule has 0 heterocycles. The fourth-order valence-electron chi connectivity index (χ4n) is 8.59. The number of rotatable bonds is 6. The van der Waals surface area contributed by atoms with Gasteiger partial charge in [-0.15, -0.1) is 0 Å². The van der Waals surface area contributed by atoms with Gasteiger partial charge in [-0.2, -0.15) is 0 Å². The van der Waals surface area contributed by atoms with E-state index < -0.39 is 0 Å². The van der Waals surface area contributed by atoms with Crippen molar-refractivity contribution in [2.24, 2.45) is 46.8 Å². The third kappa shape index (κ3) is 4.26. The molecule has 30 heavy (non-hydrogen) atoms. The van der Waals surface area contributed by atoms with Crippen molar-refractivity contribution >= 4 is 5.97 Å². The van der Waals surface area contributed by atoms with Crippen LogP contribution in [0.3, 0.4) is 0 Å². The predicted molar refractivity (Wildman–Crippen MR) is 124 cm³/mol. The zero-order chi connectivity index (χ0) is 21.5.